The first kappa shape index (κ1) is 10.5. The zero-order valence-corrected chi connectivity index (χ0v) is 9.22. The summed E-state index contributed by atoms with van der Waals surface area (Å²) in [6.45, 7) is 2.99. The number of hydrogen-bond donors (Lipinski definition) is 1. The number of rotatable bonds is 4. The van der Waals surface area contributed by atoms with E-state index in [9.17, 15) is 0 Å². The molecule has 0 radical (unpaired) electrons. The third-order valence-electron chi connectivity index (χ3n) is 2.15. The summed E-state index contributed by atoms with van der Waals surface area (Å²) in [5, 5.41) is 3.16. The van der Waals surface area contributed by atoms with Gasteiger partial charge in [0.25, 0.3) is 0 Å². The van der Waals surface area contributed by atoms with Crippen molar-refractivity contribution < 1.29 is 0 Å². The van der Waals surface area contributed by atoms with Crippen molar-refractivity contribution >= 4 is 5.95 Å². The lowest BCUT2D eigenvalue weighted by atomic mass is 10.2. The number of aromatic nitrogens is 3. The van der Waals surface area contributed by atoms with Crippen molar-refractivity contribution in [3.05, 3.63) is 36.8 Å². The molecule has 0 fully saturated rings. The molecule has 16 heavy (non-hydrogen) atoms. The monoisotopic (exact) mass is 214 g/mol. The Balaban J connectivity index is 2.22. The fourth-order valence-electron chi connectivity index (χ4n) is 1.36. The van der Waals surface area contributed by atoms with Gasteiger partial charge in [-0.1, -0.05) is 6.92 Å². The lowest BCUT2D eigenvalue weighted by Crippen LogP contribution is -2.04. The van der Waals surface area contributed by atoms with Crippen molar-refractivity contribution in [2.24, 2.45) is 0 Å². The second-order valence-corrected chi connectivity index (χ2v) is 3.43. The van der Waals surface area contributed by atoms with Crippen LogP contribution in [0, 0.1) is 0 Å². The zero-order chi connectivity index (χ0) is 11.2. The predicted molar refractivity (Wildman–Crippen MR) is 64.0 cm³/mol. The quantitative estimate of drug-likeness (QED) is 0.848. The minimum Gasteiger partial charge on any atom is -0.354 e. The normalized spacial score (nSPS) is 10.1. The number of anilines is 1. The molecule has 0 saturated heterocycles. The van der Waals surface area contributed by atoms with E-state index in [-0.39, 0.29) is 0 Å². The summed E-state index contributed by atoms with van der Waals surface area (Å²) in [6, 6.07) is 5.77. The Morgan fingerprint density at radius 1 is 1.25 bits per heavy atom. The van der Waals surface area contributed by atoms with Crippen LogP contribution in [0.25, 0.3) is 11.3 Å². The Labute approximate surface area is 94.8 Å². The van der Waals surface area contributed by atoms with E-state index in [4.69, 9.17) is 0 Å². The topological polar surface area (TPSA) is 50.7 Å². The lowest BCUT2D eigenvalue weighted by Gasteiger charge is -2.04. The first-order valence-corrected chi connectivity index (χ1v) is 5.37. The molecule has 2 aromatic heterocycles. The summed E-state index contributed by atoms with van der Waals surface area (Å²) in [5.41, 5.74) is 1.89. The van der Waals surface area contributed by atoms with E-state index < -0.39 is 0 Å². The Hall–Kier alpha value is -1.97. The van der Waals surface area contributed by atoms with Crippen molar-refractivity contribution in [1.82, 2.24) is 15.0 Å². The smallest absolute Gasteiger partial charge is 0.223 e. The third kappa shape index (κ3) is 2.53. The molecule has 4 heteroatoms. The molecule has 0 bridgehead atoms. The highest BCUT2D eigenvalue weighted by atomic mass is 15.1. The minimum atomic E-state index is 0.670. The molecule has 4 nitrogen and oxygen atoms in total. The summed E-state index contributed by atoms with van der Waals surface area (Å²) >= 11 is 0. The van der Waals surface area contributed by atoms with Crippen LogP contribution in [0.4, 0.5) is 5.95 Å². The van der Waals surface area contributed by atoms with E-state index in [2.05, 4.69) is 27.2 Å². The van der Waals surface area contributed by atoms with Crippen LogP contribution in [0.15, 0.2) is 36.8 Å². The van der Waals surface area contributed by atoms with Crippen LogP contribution in [-0.2, 0) is 0 Å². The maximum Gasteiger partial charge on any atom is 0.223 e. The fourth-order valence-corrected chi connectivity index (χ4v) is 1.36. The van der Waals surface area contributed by atoms with Crippen LogP contribution in [0.5, 0.6) is 0 Å². The van der Waals surface area contributed by atoms with E-state index in [0.717, 1.165) is 24.2 Å². The number of hydrogen-bond acceptors (Lipinski definition) is 4. The third-order valence-corrected chi connectivity index (χ3v) is 2.15. The van der Waals surface area contributed by atoms with Gasteiger partial charge in [0.2, 0.25) is 5.95 Å². The molecule has 0 saturated carbocycles. The molecule has 0 amide bonds. The van der Waals surface area contributed by atoms with E-state index in [1.807, 2.05) is 18.2 Å². The van der Waals surface area contributed by atoms with Crippen molar-refractivity contribution in [2.45, 2.75) is 13.3 Å². The predicted octanol–water partition coefficient (Wildman–Crippen LogP) is 2.36. The van der Waals surface area contributed by atoms with E-state index >= 15 is 0 Å². The molecule has 0 aliphatic carbocycles. The van der Waals surface area contributed by atoms with Gasteiger partial charge in [-0.3, -0.25) is 4.98 Å². The van der Waals surface area contributed by atoms with Crippen LogP contribution in [0.1, 0.15) is 13.3 Å². The number of nitrogens with zero attached hydrogens (tertiary/aromatic N) is 3. The molecular formula is C12H14N4. The van der Waals surface area contributed by atoms with E-state index in [1.165, 1.54) is 0 Å². The highest BCUT2D eigenvalue weighted by molar-refractivity contribution is 5.58. The van der Waals surface area contributed by atoms with Crippen LogP contribution >= 0.6 is 0 Å². The largest absolute Gasteiger partial charge is 0.354 e. The molecular weight excluding hydrogens is 200 g/mol. The molecule has 82 valence electrons. The van der Waals surface area contributed by atoms with Crippen LogP contribution in [-0.4, -0.2) is 21.5 Å². The van der Waals surface area contributed by atoms with Crippen molar-refractivity contribution in [3.63, 3.8) is 0 Å². The maximum absolute atomic E-state index is 4.42. The van der Waals surface area contributed by atoms with E-state index in [1.54, 1.807) is 18.6 Å². The van der Waals surface area contributed by atoms with Gasteiger partial charge in [-0.05, 0) is 24.6 Å². The molecule has 0 aliphatic heterocycles. The summed E-state index contributed by atoms with van der Waals surface area (Å²) in [4.78, 5) is 12.7. The molecule has 0 atom stereocenters. The molecule has 0 aromatic carbocycles. The Kier molecular flexibility index (Phi) is 3.43. The van der Waals surface area contributed by atoms with Gasteiger partial charge in [0, 0.05) is 30.7 Å². The summed E-state index contributed by atoms with van der Waals surface area (Å²) < 4.78 is 0. The Morgan fingerprint density at radius 3 is 2.94 bits per heavy atom. The summed E-state index contributed by atoms with van der Waals surface area (Å²) in [5.74, 6) is 0.670. The molecule has 0 unspecified atom stereocenters. The Morgan fingerprint density at radius 2 is 2.19 bits per heavy atom. The summed E-state index contributed by atoms with van der Waals surface area (Å²) in [6.07, 6.45) is 6.36. The molecule has 0 spiro atoms. The fraction of sp³-hybridized carbons (Fsp3) is 0.250. The van der Waals surface area contributed by atoms with Gasteiger partial charge in [-0.25, -0.2) is 9.97 Å². The first-order chi connectivity index (χ1) is 7.90. The second kappa shape index (κ2) is 5.21. The average Bonchev–Trinajstić information content (AvgIpc) is 2.38. The van der Waals surface area contributed by atoms with Gasteiger partial charge in [-0.2, -0.15) is 0 Å². The standard InChI is InChI=1S/C12H14N4/c1-2-6-14-12-15-8-5-11(16-12)10-4-3-7-13-9-10/h3-5,7-9H,2,6H2,1H3,(H,14,15,16). The highest BCUT2D eigenvalue weighted by Gasteiger charge is 2.00. The Bertz CT molecular complexity index is 442. The van der Waals surface area contributed by atoms with Crippen LogP contribution in [0.2, 0.25) is 0 Å². The average molecular weight is 214 g/mol. The van der Waals surface area contributed by atoms with E-state index in [0.29, 0.717) is 5.95 Å². The van der Waals surface area contributed by atoms with Gasteiger partial charge < -0.3 is 5.32 Å². The lowest BCUT2D eigenvalue weighted by molar-refractivity contribution is 0.953. The SMILES string of the molecule is CCCNc1nccc(-c2cccnc2)n1. The van der Waals surface area contributed by atoms with Crippen molar-refractivity contribution in [1.29, 1.82) is 0 Å². The van der Waals surface area contributed by atoms with Crippen LogP contribution < -0.4 is 5.32 Å². The van der Waals surface area contributed by atoms with Gasteiger partial charge in [0.1, 0.15) is 0 Å². The molecule has 1 N–H and O–H groups in total. The number of pyridine rings is 1. The summed E-state index contributed by atoms with van der Waals surface area (Å²) in [7, 11) is 0. The van der Waals surface area contributed by atoms with Gasteiger partial charge in [0.15, 0.2) is 0 Å². The number of nitrogens with one attached hydrogen (secondary N) is 1. The second-order valence-electron chi connectivity index (χ2n) is 3.43. The highest BCUT2D eigenvalue weighted by Crippen LogP contribution is 2.15. The van der Waals surface area contributed by atoms with Crippen LogP contribution in [0.3, 0.4) is 0 Å². The maximum atomic E-state index is 4.42. The zero-order valence-electron chi connectivity index (χ0n) is 9.22. The minimum absolute atomic E-state index is 0.670. The van der Waals surface area contributed by atoms with Gasteiger partial charge in [-0.15, -0.1) is 0 Å². The molecule has 2 rings (SSSR count). The molecule has 2 aromatic rings. The molecule has 2 heterocycles. The van der Waals surface area contributed by atoms with Gasteiger partial charge in [0.05, 0.1) is 5.69 Å². The van der Waals surface area contributed by atoms with Gasteiger partial charge >= 0.3 is 0 Å². The van der Waals surface area contributed by atoms with Crippen molar-refractivity contribution in [3.8, 4) is 11.3 Å². The van der Waals surface area contributed by atoms with Crippen molar-refractivity contribution in [2.75, 3.05) is 11.9 Å². The first-order valence-electron chi connectivity index (χ1n) is 5.37. The molecule has 0 aliphatic rings.